The molecule has 238 valence electrons. The fourth-order valence-corrected chi connectivity index (χ4v) is 27.1. The zero-order valence-electron chi connectivity index (χ0n) is 30.3. The Morgan fingerprint density at radius 3 is 2.07 bits per heavy atom. The second-order valence-electron chi connectivity index (χ2n) is 17.7. The average molecular weight is 686 g/mol. The van der Waals surface area contributed by atoms with Crippen LogP contribution in [0.4, 0.5) is 0 Å². The molecule has 0 saturated carbocycles. The third kappa shape index (κ3) is 4.29. The van der Waals surface area contributed by atoms with Crippen molar-refractivity contribution in [2.24, 2.45) is 11.3 Å². The summed E-state index contributed by atoms with van der Waals surface area (Å²) in [7, 11) is 0. The van der Waals surface area contributed by atoms with Crippen molar-refractivity contribution < 1.29 is 18.3 Å². The van der Waals surface area contributed by atoms with Crippen molar-refractivity contribution in [3.8, 4) is 11.1 Å². The maximum absolute atomic E-state index is 5.63. The van der Waals surface area contributed by atoms with Gasteiger partial charge in [-0.1, -0.05) is 0 Å². The van der Waals surface area contributed by atoms with E-state index in [0.717, 1.165) is 6.42 Å². The third-order valence-electron chi connectivity index (χ3n) is 12.5. The van der Waals surface area contributed by atoms with Crippen molar-refractivity contribution in [2.75, 3.05) is 0 Å². The Morgan fingerprint density at radius 2 is 1.46 bits per heavy atom. The molecule has 0 bridgehead atoms. The van der Waals surface area contributed by atoms with Crippen LogP contribution in [0.15, 0.2) is 85.0 Å². The van der Waals surface area contributed by atoms with Crippen LogP contribution in [0.1, 0.15) is 115 Å². The summed E-state index contributed by atoms with van der Waals surface area (Å²) in [5, 5.41) is 0. The van der Waals surface area contributed by atoms with Gasteiger partial charge in [-0.2, -0.15) is 0 Å². The van der Waals surface area contributed by atoms with Gasteiger partial charge in [-0.25, -0.2) is 0 Å². The Hall–Kier alpha value is -2.63. The normalized spacial score (nSPS) is 21.0. The molecule has 0 heterocycles. The summed E-state index contributed by atoms with van der Waals surface area (Å²) in [5.74, 6) is 0.451. The Morgan fingerprint density at radius 1 is 0.848 bits per heavy atom. The SMILES string of the molecule is [CH2]=[Zr]([CH3])([C]1=CC(C(C)(C)C)=CC1CCC)([C]1=C(C)c2cc3c(cc2C1(C)C)Cc1cc2c(cc1-3)C(C)=CC2(C)C)[c]1ccccc1. The van der Waals surface area contributed by atoms with Crippen LogP contribution in [-0.2, 0) is 35.5 Å². The zero-order valence-corrected chi connectivity index (χ0v) is 32.8. The van der Waals surface area contributed by atoms with Gasteiger partial charge in [0.25, 0.3) is 0 Å². The second-order valence-corrected chi connectivity index (χ2v) is 31.6. The molecule has 4 aliphatic rings. The Labute approximate surface area is 280 Å². The summed E-state index contributed by atoms with van der Waals surface area (Å²) in [6.07, 6.45) is 11.1. The number of rotatable bonds is 5. The first kappa shape index (κ1) is 31.9. The monoisotopic (exact) mass is 684 g/mol. The third-order valence-corrected chi connectivity index (χ3v) is 28.1. The summed E-state index contributed by atoms with van der Waals surface area (Å²) in [4.78, 5) is 0. The van der Waals surface area contributed by atoms with E-state index in [1.54, 1.807) is 6.56 Å². The molecule has 4 aliphatic carbocycles. The summed E-state index contributed by atoms with van der Waals surface area (Å²) in [6, 6.07) is 21.8. The first-order valence-corrected chi connectivity index (χ1v) is 25.6. The molecule has 0 radical (unpaired) electrons. The van der Waals surface area contributed by atoms with Crippen molar-refractivity contribution in [3.05, 3.63) is 118 Å². The van der Waals surface area contributed by atoms with Gasteiger partial charge >= 0.3 is 282 Å². The van der Waals surface area contributed by atoms with Gasteiger partial charge < -0.3 is 0 Å². The van der Waals surface area contributed by atoms with Gasteiger partial charge in [-0.15, -0.1) is 0 Å². The minimum atomic E-state index is -4.40. The van der Waals surface area contributed by atoms with E-state index in [1.165, 1.54) is 77.3 Å². The molecule has 1 unspecified atom stereocenters. The number of fused-ring (bicyclic) bond motifs is 5. The second kappa shape index (κ2) is 9.95. The molecule has 0 spiro atoms. The summed E-state index contributed by atoms with van der Waals surface area (Å²) < 4.78 is 13.1. The predicted molar refractivity (Wildman–Crippen MR) is 200 cm³/mol. The van der Waals surface area contributed by atoms with Gasteiger partial charge in [0.05, 0.1) is 0 Å². The first-order valence-electron chi connectivity index (χ1n) is 17.7. The number of hydrogen-bond donors (Lipinski definition) is 0. The molecule has 0 N–H and O–H groups in total. The van der Waals surface area contributed by atoms with Crippen molar-refractivity contribution in [2.45, 2.75) is 104 Å². The van der Waals surface area contributed by atoms with E-state index in [9.17, 15) is 0 Å². The molecule has 0 aliphatic heterocycles. The van der Waals surface area contributed by atoms with Crippen LogP contribution in [0.3, 0.4) is 0 Å². The number of hydrogen-bond acceptors (Lipinski definition) is 0. The van der Waals surface area contributed by atoms with Crippen LogP contribution in [0.5, 0.6) is 0 Å². The molecule has 7 rings (SSSR count). The van der Waals surface area contributed by atoms with Crippen LogP contribution >= 0.6 is 0 Å². The van der Waals surface area contributed by atoms with Crippen LogP contribution < -0.4 is 3.27 Å². The van der Waals surface area contributed by atoms with E-state index in [0.29, 0.717) is 5.92 Å². The first-order chi connectivity index (χ1) is 21.4. The van der Waals surface area contributed by atoms with E-state index >= 15 is 0 Å². The molecule has 0 aromatic heterocycles. The quantitative estimate of drug-likeness (QED) is 0.196. The van der Waals surface area contributed by atoms with Crippen LogP contribution in [-0.4, -0.2) is 4.21 Å². The fraction of sp³-hybridized carbons (Fsp3) is 0.400. The predicted octanol–water partition coefficient (Wildman–Crippen LogP) is 11.8. The molecule has 0 saturated heterocycles. The van der Waals surface area contributed by atoms with Crippen molar-refractivity contribution in [1.29, 1.82) is 0 Å². The average Bonchev–Trinajstić information content (AvgIpc) is 3.68. The minimum absolute atomic E-state index is 0.102. The molecule has 1 heteroatoms. The molecular formula is C45H54Zr. The Kier molecular flexibility index (Phi) is 6.91. The van der Waals surface area contributed by atoms with Crippen LogP contribution in [0.25, 0.3) is 22.3 Å². The molecule has 1 atom stereocenters. The van der Waals surface area contributed by atoms with Gasteiger partial charge in [-0.3, -0.25) is 0 Å². The molecule has 3 aromatic carbocycles. The van der Waals surface area contributed by atoms with Gasteiger partial charge in [0.2, 0.25) is 0 Å². The van der Waals surface area contributed by atoms with Gasteiger partial charge in [-0.05, 0) is 0 Å². The summed E-state index contributed by atoms with van der Waals surface area (Å²) in [5.41, 5.74) is 16.3. The number of benzene rings is 3. The van der Waals surface area contributed by atoms with Gasteiger partial charge in [0.1, 0.15) is 0 Å². The van der Waals surface area contributed by atoms with E-state index < -0.39 is 18.3 Å². The maximum atomic E-state index is 5.63. The van der Waals surface area contributed by atoms with Gasteiger partial charge in [0.15, 0.2) is 0 Å². The molecule has 0 nitrogen and oxygen atoms in total. The van der Waals surface area contributed by atoms with E-state index in [-0.39, 0.29) is 16.2 Å². The Bertz CT molecular complexity index is 2030. The molecule has 0 amide bonds. The number of allylic oxidation sites excluding steroid dienone is 8. The molecule has 3 aromatic rings. The van der Waals surface area contributed by atoms with Crippen LogP contribution in [0, 0.1) is 11.3 Å². The fourth-order valence-electron chi connectivity index (χ4n) is 10.5. The van der Waals surface area contributed by atoms with Crippen molar-refractivity contribution in [1.82, 2.24) is 0 Å². The Balaban J connectivity index is 1.47. The van der Waals surface area contributed by atoms with E-state index in [4.69, 9.17) is 4.21 Å². The van der Waals surface area contributed by atoms with E-state index in [2.05, 4.69) is 147 Å². The van der Waals surface area contributed by atoms with E-state index in [1.807, 2.05) is 0 Å². The molecule has 0 fully saturated rings. The topological polar surface area (TPSA) is 0 Å². The molecular weight excluding hydrogens is 632 g/mol. The van der Waals surface area contributed by atoms with Crippen LogP contribution in [0.2, 0.25) is 4.63 Å². The van der Waals surface area contributed by atoms with Gasteiger partial charge in [0, 0.05) is 0 Å². The van der Waals surface area contributed by atoms with Crippen molar-refractivity contribution in [3.63, 3.8) is 0 Å². The summed E-state index contributed by atoms with van der Waals surface area (Å²) in [6.45, 7) is 24.0. The molecule has 46 heavy (non-hydrogen) atoms. The van der Waals surface area contributed by atoms with Crippen molar-refractivity contribution >= 4 is 18.6 Å². The zero-order chi connectivity index (χ0) is 33.2. The standard InChI is InChI=1S/C25H25.C12H19.C6H5.CH3.CH2.Zr/c1-14-12-24(3,4)22-8-16-7-17-9-23-19(15(2)13-25(23,5)6)11-21(17)20(16)10-18(14)22;1-5-6-10-7-8-11(9-10)12(2,3)4;1-2-4-6-5-3-1;;;/h8-12H,7H2,1-6H3;8-10H,5-6H2,1-4H3;1-5H;1H3;1H2;. The summed E-state index contributed by atoms with van der Waals surface area (Å²) >= 11 is -4.40.